The zero-order chi connectivity index (χ0) is 7.33. The van der Waals surface area contributed by atoms with Gasteiger partial charge in [-0.15, -0.1) is 0 Å². The van der Waals surface area contributed by atoms with Gasteiger partial charge in [0.15, 0.2) is 0 Å². The molecule has 0 aliphatic rings. The van der Waals surface area contributed by atoms with Gasteiger partial charge >= 0.3 is 6.18 Å². The number of rotatable bonds is 2. The second-order valence-electron chi connectivity index (χ2n) is 1.42. The Hall–Kier alpha value is 0.01000. The fourth-order valence-corrected chi connectivity index (χ4v) is 0.544. The molecule has 0 bridgehead atoms. The predicted molar refractivity (Wildman–Crippen MR) is 33.6 cm³/mol. The Labute approximate surface area is 59.9 Å². The molecule has 4 heteroatoms. The molecule has 0 aromatic rings. The average Bonchev–Trinajstić information content (AvgIpc) is 1.63. The minimum atomic E-state index is -4.15. The van der Waals surface area contributed by atoms with Crippen LogP contribution in [0.25, 0.3) is 0 Å². The number of halogens is 4. The lowest BCUT2D eigenvalue weighted by Gasteiger charge is -1.95. The monoisotopic (exact) mass is 202 g/mol. The van der Waals surface area contributed by atoms with Crippen LogP contribution in [0.2, 0.25) is 0 Å². The molecule has 9 heavy (non-hydrogen) atoms. The second kappa shape index (κ2) is 3.93. The zero-order valence-electron chi connectivity index (χ0n) is 4.58. The molecule has 0 amide bonds. The topological polar surface area (TPSA) is 0 Å². The van der Waals surface area contributed by atoms with Crippen LogP contribution in [0.3, 0.4) is 0 Å². The molecular weight excluding hydrogens is 197 g/mol. The fourth-order valence-electron chi connectivity index (χ4n) is 0.280. The molecule has 0 saturated heterocycles. The maximum absolute atomic E-state index is 11.3. The summed E-state index contributed by atoms with van der Waals surface area (Å²) in [5.41, 5.74) is 0. The molecule has 0 nitrogen and oxygen atoms in total. The van der Waals surface area contributed by atoms with Gasteiger partial charge < -0.3 is 0 Å². The van der Waals surface area contributed by atoms with Crippen molar-refractivity contribution < 1.29 is 13.2 Å². The first-order chi connectivity index (χ1) is 4.06. The summed E-state index contributed by atoms with van der Waals surface area (Å²) in [5.74, 6) is 0. The molecule has 0 aromatic heterocycles. The van der Waals surface area contributed by atoms with Crippen LogP contribution in [0.1, 0.15) is 6.42 Å². The van der Waals surface area contributed by atoms with Gasteiger partial charge in [-0.05, 0) is 6.42 Å². The van der Waals surface area contributed by atoms with Crippen LogP contribution in [-0.2, 0) is 0 Å². The first kappa shape index (κ1) is 9.01. The SMILES string of the molecule is FC(F)(F)C=CCCBr. The highest BCUT2D eigenvalue weighted by atomic mass is 79.9. The first-order valence-electron chi connectivity index (χ1n) is 2.36. The average molecular weight is 203 g/mol. The quantitative estimate of drug-likeness (QED) is 0.478. The van der Waals surface area contributed by atoms with Gasteiger partial charge in [-0.25, -0.2) is 0 Å². The number of allylic oxidation sites excluding steroid dienone is 2. The second-order valence-corrected chi connectivity index (χ2v) is 2.21. The molecule has 0 aliphatic carbocycles. The third-order valence-corrected chi connectivity index (χ3v) is 1.04. The minimum Gasteiger partial charge on any atom is -0.167 e. The number of alkyl halides is 4. The van der Waals surface area contributed by atoms with Gasteiger partial charge in [0.1, 0.15) is 0 Å². The summed E-state index contributed by atoms with van der Waals surface area (Å²) in [6, 6.07) is 0. The fraction of sp³-hybridized carbons (Fsp3) is 0.600. The summed E-state index contributed by atoms with van der Waals surface area (Å²) < 4.78 is 33.8. The van der Waals surface area contributed by atoms with E-state index in [0.29, 0.717) is 11.8 Å². The minimum absolute atomic E-state index is 0.244. The van der Waals surface area contributed by atoms with Crippen molar-refractivity contribution in [3.8, 4) is 0 Å². The Balaban J connectivity index is 3.45. The molecule has 0 N–H and O–H groups in total. The van der Waals surface area contributed by atoms with Crippen LogP contribution in [0, 0.1) is 0 Å². The van der Waals surface area contributed by atoms with Crippen LogP contribution in [-0.4, -0.2) is 11.5 Å². The number of hydrogen-bond acceptors (Lipinski definition) is 0. The van der Waals surface area contributed by atoms with Crippen LogP contribution in [0.15, 0.2) is 12.2 Å². The standard InChI is InChI=1S/C5H6BrF3/c6-4-2-1-3-5(7,8)9/h1,3H,2,4H2. The van der Waals surface area contributed by atoms with Gasteiger partial charge in [0.25, 0.3) is 0 Å². The summed E-state index contributed by atoms with van der Waals surface area (Å²) in [6.07, 6.45) is -2.40. The van der Waals surface area contributed by atoms with Crippen LogP contribution >= 0.6 is 15.9 Å². The molecule has 0 unspecified atom stereocenters. The van der Waals surface area contributed by atoms with Crippen molar-refractivity contribution in [3.63, 3.8) is 0 Å². The van der Waals surface area contributed by atoms with Crippen LogP contribution in [0.5, 0.6) is 0 Å². The Morgan fingerprint density at radius 2 is 1.89 bits per heavy atom. The van der Waals surface area contributed by atoms with E-state index in [1.807, 2.05) is 0 Å². The van der Waals surface area contributed by atoms with Crippen molar-refractivity contribution in [2.75, 3.05) is 5.33 Å². The molecule has 0 fully saturated rings. The Morgan fingerprint density at radius 1 is 1.33 bits per heavy atom. The highest BCUT2D eigenvalue weighted by Crippen LogP contribution is 2.16. The molecule has 0 saturated carbocycles. The van der Waals surface area contributed by atoms with Crippen molar-refractivity contribution in [1.82, 2.24) is 0 Å². The Bertz CT molecular complexity index is 94.9. The smallest absolute Gasteiger partial charge is 0.167 e. The van der Waals surface area contributed by atoms with Crippen molar-refractivity contribution >= 4 is 15.9 Å². The molecule has 0 aliphatic heterocycles. The summed E-state index contributed by atoms with van der Waals surface area (Å²) in [7, 11) is 0. The Kier molecular flexibility index (Phi) is 3.93. The van der Waals surface area contributed by atoms with Gasteiger partial charge in [0, 0.05) is 11.4 Å². The van der Waals surface area contributed by atoms with Crippen molar-refractivity contribution in [2.45, 2.75) is 12.6 Å². The van der Waals surface area contributed by atoms with Crippen molar-refractivity contribution in [3.05, 3.63) is 12.2 Å². The van der Waals surface area contributed by atoms with E-state index < -0.39 is 6.18 Å². The molecular formula is C5H6BrF3. The van der Waals surface area contributed by atoms with Gasteiger partial charge in [0.05, 0.1) is 0 Å². The van der Waals surface area contributed by atoms with Gasteiger partial charge in [-0.3, -0.25) is 0 Å². The highest BCUT2D eigenvalue weighted by molar-refractivity contribution is 9.09. The maximum atomic E-state index is 11.3. The molecule has 0 aromatic carbocycles. The first-order valence-corrected chi connectivity index (χ1v) is 3.49. The van der Waals surface area contributed by atoms with E-state index in [0.717, 1.165) is 6.08 Å². The Morgan fingerprint density at radius 3 is 2.22 bits per heavy atom. The predicted octanol–water partition coefficient (Wildman–Crippen LogP) is 2.89. The third kappa shape index (κ3) is 8.01. The normalized spacial score (nSPS) is 12.9. The molecule has 0 radical (unpaired) electrons. The summed E-state index contributed by atoms with van der Waals surface area (Å²) >= 11 is 3.00. The summed E-state index contributed by atoms with van der Waals surface area (Å²) in [6.45, 7) is 0. The summed E-state index contributed by atoms with van der Waals surface area (Å²) in [5, 5.41) is 0.569. The van der Waals surface area contributed by atoms with Gasteiger partial charge in [-0.1, -0.05) is 22.0 Å². The molecule has 0 rings (SSSR count). The third-order valence-electron chi connectivity index (χ3n) is 0.583. The molecule has 0 heterocycles. The highest BCUT2D eigenvalue weighted by Gasteiger charge is 2.21. The van der Waals surface area contributed by atoms with E-state index in [9.17, 15) is 13.2 Å². The van der Waals surface area contributed by atoms with Crippen LogP contribution in [0.4, 0.5) is 13.2 Å². The van der Waals surface area contributed by atoms with E-state index in [4.69, 9.17) is 0 Å². The lowest BCUT2D eigenvalue weighted by atomic mass is 10.4. The lowest BCUT2D eigenvalue weighted by molar-refractivity contribution is -0.0800. The zero-order valence-corrected chi connectivity index (χ0v) is 6.17. The van der Waals surface area contributed by atoms with Crippen molar-refractivity contribution in [2.24, 2.45) is 0 Å². The molecule has 54 valence electrons. The van der Waals surface area contributed by atoms with E-state index in [-0.39, 0.29) is 6.08 Å². The lowest BCUT2D eigenvalue weighted by Crippen LogP contribution is -2.00. The molecule has 0 atom stereocenters. The largest absolute Gasteiger partial charge is 0.409 e. The van der Waals surface area contributed by atoms with Gasteiger partial charge in [0.2, 0.25) is 0 Å². The van der Waals surface area contributed by atoms with Gasteiger partial charge in [-0.2, -0.15) is 13.2 Å². The van der Waals surface area contributed by atoms with Crippen molar-refractivity contribution in [1.29, 1.82) is 0 Å². The molecule has 0 spiro atoms. The number of hydrogen-bond donors (Lipinski definition) is 0. The van der Waals surface area contributed by atoms with E-state index in [2.05, 4.69) is 15.9 Å². The summed E-state index contributed by atoms with van der Waals surface area (Å²) in [4.78, 5) is 0. The van der Waals surface area contributed by atoms with E-state index in [1.54, 1.807) is 0 Å². The van der Waals surface area contributed by atoms with E-state index >= 15 is 0 Å². The van der Waals surface area contributed by atoms with E-state index in [1.165, 1.54) is 0 Å². The van der Waals surface area contributed by atoms with Crippen LogP contribution < -0.4 is 0 Å². The maximum Gasteiger partial charge on any atom is 0.409 e.